The van der Waals surface area contributed by atoms with Gasteiger partial charge in [-0.2, -0.15) is 0 Å². The van der Waals surface area contributed by atoms with Gasteiger partial charge < -0.3 is 4.74 Å². The minimum Gasteiger partial charge on any atom is -0.457 e. The van der Waals surface area contributed by atoms with E-state index in [0.29, 0.717) is 24.3 Å². The Morgan fingerprint density at radius 1 is 0.963 bits per heavy atom. The number of amides is 1. The summed E-state index contributed by atoms with van der Waals surface area (Å²) in [6.45, 7) is 0. The van der Waals surface area contributed by atoms with E-state index in [9.17, 15) is 13.2 Å². The van der Waals surface area contributed by atoms with E-state index < -0.39 is 20.5 Å². The molecule has 7 heteroatoms. The van der Waals surface area contributed by atoms with Gasteiger partial charge in [-0.05, 0) is 49.2 Å². The van der Waals surface area contributed by atoms with Crippen LogP contribution in [0.5, 0.6) is 11.5 Å². The smallest absolute Gasteiger partial charge is 0.244 e. The van der Waals surface area contributed by atoms with Gasteiger partial charge in [0.2, 0.25) is 5.91 Å². The van der Waals surface area contributed by atoms with Crippen LogP contribution in [-0.4, -0.2) is 24.3 Å². The average Bonchev–Trinajstić information content (AvgIpc) is 2.69. The predicted octanol–water partition coefficient (Wildman–Crippen LogP) is 3.85. The van der Waals surface area contributed by atoms with Crippen LogP contribution in [0.1, 0.15) is 38.5 Å². The molecule has 1 aliphatic rings. The van der Waals surface area contributed by atoms with Crippen molar-refractivity contribution in [3.63, 3.8) is 0 Å². The number of rotatable bonds is 6. The lowest BCUT2D eigenvalue weighted by Gasteiger charge is -2.36. The molecule has 1 amide bonds. The number of hydrogen-bond acceptors (Lipinski definition) is 5. The Labute approximate surface area is 159 Å². The third-order valence-electron chi connectivity index (χ3n) is 5.06. The van der Waals surface area contributed by atoms with Gasteiger partial charge in [0.05, 0.1) is 9.64 Å². The average molecular weight is 389 g/mol. The van der Waals surface area contributed by atoms with Gasteiger partial charge in [-0.15, -0.1) is 0 Å². The van der Waals surface area contributed by atoms with Crippen molar-refractivity contribution < 1.29 is 23.2 Å². The number of benzene rings is 2. The van der Waals surface area contributed by atoms with Crippen LogP contribution >= 0.6 is 0 Å². The third-order valence-corrected chi connectivity index (χ3v) is 7.64. The lowest BCUT2D eigenvalue weighted by Crippen LogP contribution is -2.44. The van der Waals surface area contributed by atoms with E-state index in [0.717, 1.165) is 19.3 Å². The Bertz CT molecular complexity index is 872. The monoisotopic (exact) mass is 389 g/mol. The van der Waals surface area contributed by atoms with Crippen LogP contribution in [0.3, 0.4) is 0 Å². The van der Waals surface area contributed by atoms with Crippen LogP contribution in [0.4, 0.5) is 0 Å². The zero-order valence-electron chi connectivity index (χ0n) is 14.9. The van der Waals surface area contributed by atoms with E-state index >= 15 is 0 Å². The molecule has 1 saturated carbocycles. The first-order chi connectivity index (χ1) is 13.0. The first kappa shape index (κ1) is 19.4. The van der Waals surface area contributed by atoms with Crippen molar-refractivity contribution >= 4 is 15.7 Å². The molecule has 0 bridgehead atoms. The Morgan fingerprint density at radius 2 is 1.56 bits per heavy atom. The fourth-order valence-corrected chi connectivity index (χ4v) is 5.77. The van der Waals surface area contributed by atoms with Gasteiger partial charge in [0.15, 0.2) is 9.84 Å². The van der Waals surface area contributed by atoms with Crippen molar-refractivity contribution in [2.24, 2.45) is 0 Å². The maximum absolute atomic E-state index is 13.3. The summed E-state index contributed by atoms with van der Waals surface area (Å²) in [5.41, 5.74) is 1.57. The van der Waals surface area contributed by atoms with Gasteiger partial charge in [-0.3, -0.25) is 10.0 Å². The number of sulfone groups is 1. The molecule has 3 rings (SSSR count). The van der Waals surface area contributed by atoms with Gasteiger partial charge >= 0.3 is 0 Å². The molecule has 0 unspecified atom stereocenters. The number of para-hydroxylation sites is 1. The van der Waals surface area contributed by atoms with E-state index in [1.807, 2.05) is 30.3 Å². The molecule has 0 aliphatic heterocycles. The molecule has 0 spiro atoms. The minimum absolute atomic E-state index is 0.163. The summed E-state index contributed by atoms with van der Waals surface area (Å²) < 4.78 is 31.2. The highest BCUT2D eigenvalue weighted by Gasteiger charge is 2.46. The van der Waals surface area contributed by atoms with E-state index in [-0.39, 0.29) is 11.3 Å². The fourth-order valence-electron chi connectivity index (χ4n) is 3.63. The van der Waals surface area contributed by atoms with E-state index in [2.05, 4.69) is 0 Å². The summed E-state index contributed by atoms with van der Waals surface area (Å²) >= 11 is 0. The second kappa shape index (κ2) is 8.10. The van der Waals surface area contributed by atoms with Crippen molar-refractivity contribution in [1.82, 2.24) is 5.48 Å². The molecule has 2 aromatic rings. The van der Waals surface area contributed by atoms with Crippen LogP contribution in [0, 0.1) is 0 Å². The summed E-state index contributed by atoms with van der Waals surface area (Å²) in [4.78, 5) is 11.9. The van der Waals surface area contributed by atoms with E-state index in [1.165, 1.54) is 12.1 Å². The standard InChI is InChI=1S/C20H23NO5S/c22-19(21-23)15-20(13-5-2-6-14-20)27(24,25)18-11-9-17(10-12-18)26-16-7-3-1-4-8-16/h1,3-4,7-12,23H,2,5-6,13-15H2,(H,21,22). The molecule has 2 aromatic carbocycles. The Balaban J connectivity index is 1.87. The summed E-state index contributed by atoms with van der Waals surface area (Å²) in [7, 11) is -3.75. The molecule has 1 fully saturated rings. The molecule has 144 valence electrons. The molecule has 27 heavy (non-hydrogen) atoms. The lowest BCUT2D eigenvalue weighted by atomic mass is 9.86. The van der Waals surface area contributed by atoms with Gasteiger partial charge in [0.1, 0.15) is 11.5 Å². The topological polar surface area (TPSA) is 92.7 Å². The molecular formula is C20H23NO5S. The molecule has 0 aromatic heterocycles. The summed E-state index contributed by atoms with van der Waals surface area (Å²) in [5.74, 6) is 0.520. The molecule has 2 N–H and O–H groups in total. The van der Waals surface area contributed by atoms with Crippen LogP contribution in [0.2, 0.25) is 0 Å². The Kier molecular flexibility index (Phi) is 5.82. The largest absolute Gasteiger partial charge is 0.457 e. The highest BCUT2D eigenvalue weighted by atomic mass is 32.2. The van der Waals surface area contributed by atoms with Crippen molar-refractivity contribution in [2.45, 2.75) is 48.2 Å². The number of nitrogens with one attached hydrogen (secondary N) is 1. The zero-order valence-corrected chi connectivity index (χ0v) is 15.7. The normalized spacial score (nSPS) is 16.5. The number of carbonyl (C=O) groups is 1. The maximum Gasteiger partial charge on any atom is 0.244 e. The number of hydroxylamine groups is 1. The van der Waals surface area contributed by atoms with E-state index in [1.54, 1.807) is 17.6 Å². The van der Waals surface area contributed by atoms with Crippen molar-refractivity contribution in [2.75, 3.05) is 0 Å². The molecule has 6 nitrogen and oxygen atoms in total. The second-order valence-corrected chi connectivity index (χ2v) is 9.19. The molecule has 0 radical (unpaired) electrons. The van der Waals surface area contributed by atoms with Gasteiger partial charge in [-0.1, -0.05) is 37.5 Å². The maximum atomic E-state index is 13.3. The SMILES string of the molecule is O=C(CC1(S(=O)(=O)c2ccc(Oc3ccccc3)cc2)CCCCC1)NO. The Morgan fingerprint density at radius 3 is 2.15 bits per heavy atom. The molecule has 0 atom stereocenters. The predicted molar refractivity (Wildman–Crippen MR) is 101 cm³/mol. The zero-order chi connectivity index (χ0) is 19.3. The van der Waals surface area contributed by atoms with Gasteiger partial charge in [0, 0.05) is 6.42 Å². The fraction of sp³-hybridized carbons (Fsp3) is 0.350. The highest BCUT2D eigenvalue weighted by Crippen LogP contribution is 2.42. The summed E-state index contributed by atoms with van der Waals surface area (Å²) in [6.07, 6.45) is 3.01. The second-order valence-electron chi connectivity index (χ2n) is 6.85. The van der Waals surface area contributed by atoms with Crippen LogP contribution < -0.4 is 10.2 Å². The quantitative estimate of drug-likeness (QED) is 0.578. The number of ether oxygens (including phenoxy) is 1. The minimum atomic E-state index is -3.75. The lowest BCUT2D eigenvalue weighted by molar-refractivity contribution is -0.130. The van der Waals surface area contributed by atoms with E-state index in [4.69, 9.17) is 9.94 Å². The van der Waals surface area contributed by atoms with Crippen molar-refractivity contribution in [3.05, 3.63) is 54.6 Å². The Hall–Kier alpha value is -2.38. The van der Waals surface area contributed by atoms with Crippen molar-refractivity contribution in [1.29, 1.82) is 0 Å². The van der Waals surface area contributed by atoms with Crippen LogP contribution in [0.15, 0.2) is 59.5 Å². The highest BCUT2D eigenvalue weighted by molar-refractivity contribution is 7.92. The van der Waals surface area contributed by atoms with Crippen molar-refractivity contribution in [3.8, 4) is 11.5 Å². The number of hydrogen-bond donors (Lipinski definition) is 2. The molecule has 1 aliphatic carbocycles. The first-order valence-corrected chi connectivity index (χ1v) is 10.5. The van der Waals surface area contributed by atoms with Gasteiger partial charge in [0.25, 0.3) is 0 Å². The molecule has 0 saturated heterocycles. The summed E-state index contributed by atoms with van der Waals surface area (Å²) in [6, 6.07) is 15.5. The molecule has 0 heterocycles. The van der Waals surface area contributed by atoms with Gasteiger partial charge in [-0.25, -0.2) is 13.9 Å². The van der Waals surface area contributed by atoms with Crippen LogP contribution in [-0.2, 0) is 14.6 Å². The summed E-state index contributed by atoms with van der Waals surface area (Å²) in [5, 5.41) is 8.88. The molecular weight excluding hydrogens is 366 g/mol. The first-order valence-electron chi connectivity index (χ1n) is 8.97. The third kappa shape index (κ3) is 4.14. The number of carbonyl (C=O) groups excluding carboxylic acids is 1. The van der Waals surface area contributed by atoms with Crippen LogP contribution in [0.25, 0.3) is 0 Å².